The van der Waals surface area contributed by atoms with Gasteiger partial charge in [0.15, 0.2) is 0 Å². The fourth-order valence-electron chi connectivity index (χ4n) is 1.31. The zero-order valence-electron chi connectivity index (χ0n) is 11.5. The van der Waals surface area contributed by atoms with E-state index in [1.807, 2.05) is 12.2 Å². The number of rotatable bonds is 9. The zero-order valence-corrected chi connectivity index (χ0v) is 11.5. The van der Waals surface area contributed by atoms with Crippen LogP contribution in [0.5, 0.6) is 0 Å². The van der Waals surface area contributed by atoms with Crippen LogP contribution in [0.2, 0.25) is 0 Å². The molecule has 0 heterocycles. The molecule has 0 saturated heterocycles. The average molecular weight is 237 g/mol. The highest BCUT2D eigenvalue weighted by Crippen LogP contribution is 1.99. The molecule has 1 amide bonds. The van der Waals surface area contributed by atoms with Crippen LogP contribution in [0.1, 0.15) is 52.9 Å². The SMILES string of the molecule is CCCCC/C=C/C=C\C(=O)NCC(C)CC. The minimum absolute atomic E-state index is 0.00325. The lowest BCUT2D eigenvalue weighted by atomic mass is 10.1. The van der Waals surface area contributed by atoms with Gasteiger partial charge in [-0.3, -0.25) is 4.79 Å². The van der Waals surface area contributed by atoms with Gasteiger partial charge < -0.3 is 5.32 Å². The van der Waals surface area contributed by atoms with Crippen molar-refractivity contribution in [3.05, 3.63) is 24.3 Å². The van der Waals surface area contributed by atoms with Gasteiger partial charge in [-0.25, -0.2) is 0 Å². The topological polar surface area (TPSA) is 29.1 Å². The van der Waals surface area contributed by atoms with Gasteiger partial charge in [0.05, 0.1) is 0 Å². The van der Waals surface area contributed by atoms with Gasteiger partial charge in [-0.1, -0.05) is 58.3 Å². The second kappa shape index (κ2) is 11.4. The summed E-state index contributed by atoms with van der Waals surface area (Å²) in [4.78, 5) is 11.4. The summed E-state index contributed by atoms with van der Waals surface area (Å²) in [5, 5.41) is 2.88. The van der Waals surface area contributed by atoms with E-state index >= 15 is 0 Å². The van der Waals surface area contributed by atoms with Crippen molar-refractivity contribution in [2.45, 2.75) is 52.9 Å². The van der Waals surface area contributed by atoms with Crippen LogP contribution < -0.4 is 5.32 Å². The van der Waals surface area contributed by atoms with E-state index in [0.29, 0.717) is 5.92 Å². The maximum atomic E-state index is 11.4. The van der Waals surface area contributed by atoms with Crippen LogP contribution in [0.4, 0.5) is 0 Å². The minimum Gasteiger partial charge on any atom is -0.352 e. The molecule has 2 heteroatoms. The Morgan fingerprint density at radius 1 is 1.24 bits per heavy atom. The van der Waals surface area contributed by atoms with Crippen molar-refractivity contribution >= 4 is 5.91 Å². The van der Waals surface area contributed by atoms with Crippen molar-refractivity contribution in [2.24, 2.45) is 5.92 Å². The molecular formula is C15H27NO. The zero-order chi connectivity index (χ0) is 12.9. The van der Waals surface area contributed by atoms with Gasteiger partial charge >= 0.3 is 0 Å². The molecule has 17 heavy (non-hydrogen) atoms. The Kier molecular flexibility index (Phi) is 10.7. The molecule has 0 aromatic heterocycles. The number of hydrogen-bond donors (Lipinski definition) is 1. The highest BCUT2D eigenvalue weighted by atomic mass is 16.1. The highest BCUT2D eigenvalue weighted by molar-refractivity contribution is 5.87. The molecule has 98 valence electrons. The Morgan fingerprint density at radius 3 is 2.65 bits per heavy atom. The maximum Gasteiger partial charge on any atom is 0.243 e. The number of amides is 1. The fraction of sp³-hybridized carbons (Fsp3) is 0.667. The van der Waals surface area contributed by atoms with Crippen molar-refractivity contribution in [1.29, 1.82) is 0 Å². The van der Waals surface area contributed by atoms with Crippen LogP contribution in [0.3, 0.4) is 0 Å². The van der Waals surface area contributed by atoms with Crippen LogP contribution in [0.15, 0.2) is 24.3 Å². The fourth-order valence-corrected chi connectivity index (χ4v) is 1.31. The van der Waals surface area contributed by atoms with Gasteiger partial charge in [-0.15, -0.1) is 0 Å². The Bertz CT molecular complexity index is 243. The Hall–Kier alpha value is -1.05. The molecule has 0 aliphatic carbocycles. The molecule has 0 rings (SSSR count). The monoisotopic (exact) mass is 237 g/mol. The summed E-state index contributed by atoms with van der Waals surface area (Å²) in [6.45, 7) is 7.23. The molecule has 1 atom stereocenters. The Balaban J connectivity index is 3.59. The molecule has 0 aliphatic rings. The molecular weight excluding hydrogens is 210 g/mol. The van der Waals surface area contributed by atoms with E-state index < -0.39 is 0 Å². The summed E-state index contributed by atoms with van der Waals surface area (Å²) < 4.78 is 0. The first kappa shape index (κ1) is 16.0. The second-order valence-corrected chi connectivity index (χ2v) is 4.54. The quantitative estimate of drug-likeness (QED) is 0.368. The predicted octanol–water partition coefficient (Wildman–Crippen LogP) is 3.84. The van der Waals surface area contributed by atoms with Gasteiger partial charge in [0.2, 0.25) is 5.91 Å². The third-order valence-electron chi connectivity index (χ3n) is 2.79. The molecule has 0 fully saturated rings. The normalized spacial score (nSPS) is 13.4. The number of carbonyl (C=O) groups is 1. The second-order valence-electron chi connectivity index (χ2n) is 4.54. The molecule has 0 aliphatic heterocycles. The summed E-state index contributed by atoms with van der Waals surface area (Å²) in [6, 6.07) is 0. The summed E-state index contributed by atoms with van der Waals surface area (Å²) in [7, 11) is 0. The van der Waals surface area contributed by atoms with Crippen molar-refractivity contribution < 1.29 is 4.79 Å². The first-order valence-corrected chi connectivity index (χ1v) is 6.81. The summed E-state index contributed by atoms with van der Waals surface area (Å²) in [6.07, 6.45) is 13.5. The van der Waals surface area contributed by atoms with Crippen LogP contribution in [0.25, 0.3) is 0 Å². The van der Waals surface area contributed by atoms with E-state index in [1.54, 1.807) is 6.08 Å². The Labute approximate surface area is 106 Å². The molecule has 0 bridgehead atoms. The van der Waals surface area contributed by atoms with Crippen molar-refractivity contribution in [3.63, 3.8) is 0 Å². The number of unbranched alkanes of at least 4 members (excludes halogenated alkanes) is 3. The number of hydrogen-bond acceptors (Lipinski definition) is 1. The summed E-state index contributed by atoms with van der Waals surface area (Å²) >= 11 is 0. The number of carbonyl (C=O) groups excluding carboxylic acids is 1. The van der Waals surface area contributed by atoms with Crippen molar-refractivity contribution in [3.8, 4) is 0 Å². The van der Waals surface area contributed by atoms with Gasteiger partial charge in [0.1, 0.15) is 0 Å². The standard InChI is InChI=1S/C15H27NO/c1-4-6-7-8-9-10-11-12-15(17)16-13-14(3)5-2/h9-12,14H,4-8,13H2,1-3H3,(H,16,17)/b10-9+,12-11-. The molecule has 2 nitrogen and oxygen atoms in total. The minimum atomic E-state index is 0.00325. The van der Waals surface area contributed by atoms with Gasteiger partial charge in [-0.05, 0) is 18.8 Å². The Morgan fingerprint density at radius 2 is 2.00 bits per heavy atom. The molecule has 0 aromatic carbocycles. The van der Waals surface area contributed by atoms with Crippen LogP contribution in [-0.4, -0.2) is 12.5 Å². The summed E-state index contributed by atoms with van der Waals surface area (Å²) in [5.41, 5.74) is 0. The van der Waals surface area contributed by atoms with Crippen molar-refractivity contribution in [2.75, 3.05) is 6.54 Å². The average Bonchev–Trinajstić information content (AvgIpc) is 2.34. The molecule has 0 radical (unpaired) electrons. The maximum absolute atomic E-state index is 11.4. The smallest absolute Gasteiger partial charge is 0.243 e. The van der Waals surface area contributed by atoms with Crippen LogP contribution >= 0.6 is 0 Å². The lowest BCUT2D eigenvalue weighted by Gasteiger charge is -2.07. The van der Waals surface area contributed by atoms with E-state index in [2.05, 4.69) is 32.2 Å². The molecule has 0 saturated carbocycles. The van der Waals surface area contributed by atoms with Crippen molar-refractivity contribution in [1.82, 2.24) is 5.32 Å². The van der Waals surface area contributed by atoms with Crippen LogP contribution in [0, 0.1) is 5.92 Å². The molecule has 1 N–H and O–H groups in total. The third kappa shape index (κ3) is 11.2. The molecule has 0 aromatic rings. The number of nitrogens with one attached hydrogen (secondary N) is 1. The summed E-state index contributed by atoms with van der Waals surface area (Å²) in [5.74, 6) is 0.556. The van der Waals surface area contributed by atoms with E-state index in [-0.39, 0.29) is 5.91 Å². The van der Waals surface area contributed by atoms with Gasteiger partial charge in [0.25, 0.3) is 0 Å². The third-order valence-corrected chi connectivity index (χ3v) is 2.79. The lowest BCUT2D eigenvalue weighted by molar-refractivity contribution is -0.116. The predicted molar refractivity (Wildman–Crippen MR) is 74.9 cm³/mol. The largest absolute Gasteiger partial charge is 0.352 e. The van der Waals surface area contributed by atoms with Gasteiger partial charge in [0, 0.05) is 12.6 Å². The van der Waals surface area contributed by atoms with Gasteiger partial charge in [-0.2, -0.15) is 0 Å². The molecule has 0 spiro atoms. The first-order valence-electron chi connectivity index (χ1n) is 6.81. The van der Waals surface area contributed by atoms with Crippen LogP contribution in [-0.2, 0) is 4.79 Å². The highest BCUT2D eigenvalue weighted by Gasteiger charge is 1.99. The van der Waals surface area contributed by atoms with E-state index in [1.165, 1.54) is 19.3 Å². The van der Waals surface area contributed by atoms with E-state index in [9.17, 15) is 4.79 Å². The van der Waals surface area contributed by atoms with E-state index in [4.69, 9.17) is 0 Å². The van der Waals surface area contributed by atoms with E-state index in [0.717, 1.165) is 19.4 Å². The molecule has 1 unspecified atom stereocenters. The first-order chi connectivity index (χ1) is 8.20. The lowest BCUT2D eigenvalue weighted by Crippen LogP contribution is -2.26. The number of allylic oxidation sites excluding steroid dienone is 3.